The topological polar surface area (TPSA) is 96.2 Å². The summed E-state index contributed by atoms with van der Waals surface area (Å²) in [5.74, 6) is 1.31. The van der Waals surface area contributed by atoms with Crippen molar-refractivity contribution in [2.75, 3.05) is 33.8 Å². The number of hydrogen-bond donors (Lipinski definition) is 1. The number of benzene rings is 2. The van der Waals surface area contributed by atoms with Crippen LogP contribution in [-0.2, 0) is 14.4 Å². The number of nitrogens with zero attached hydrogens (tertiary/aromatic N) is 3. The highest BCUT2D eigenvalue weighted by Crippen LogP contribution is 2.30. The van der Waals surface area contributed by atoms with Gasteiger partial charge in [-0.05, 0) is 23.3 Å². The van der Waals surface area contributed by atoms with Crippen molar-refractivity contribution < 1.29 is 23.8 Å². The largest absolute Gasteiger partial charge is 0.493 e. The molecule has 1 heterocycles. The number of anilines is 1. The molecule has 3 aromatic rings. The highest BCUT2D eigenvalue weighted by molar-refractivity contribution is 5.94. The Hall–Kier alpha value is -3.85. The van der Waals surface area contributed by atoms with Crippen LogP contribution in [0.15, 0.2) is 59.9 Å². The van der Waals surface area contributed by atoms with E-state index in [0.29, 0.717) is 28.6 Å². The number of methoxy groups -OCH3 is 3. The van der Waals surface area contributed by atoms with Crippen LogP contribution in [-0.4, -0.2) is 50.3 Å². The molecule has 9 heteroatoms. The number of aromatic nitrogens is 2. The first kappa shape index (κ1) is 21.8. The van der Waals surface area contributed by atoms with E-state index in [-0.39, 0.29) is 5.91 Å². The van der Waals surface area contributed by atoms with Crippen LogP contribution < -0.4 is 14.8 Å². The Morgan fingerprint density at radius 2 is 1.77 bits per heavy atom. The summed E-state index contributed by atoms with van der Waals surface area (Å²) >= 11 is 0. The molecule has 0 radical (unpaired) electrons. The van der Waals surface area contributed by atoms with E-state index < -0.39 is 6.10 Å². The molecule has 162 valence electrons. The van der Waals surface area contributed by atoms with E-state index in [2.05, 4.69) is 20.4 Å². The zero-order valence-corrected chi connectivity index (χ0v) is 17.7. The minimum Gasteiger partial charge on any atom is -0.493 e. The van der Waals surface area contributed by atoms with E-state index >= 15 is 0 Å². The Kier molecular flexibility index (Phi) is 7.23. The molecule has 2 aromatic carbocycles. The normalized spacial score (nSPS) is 11.9. The van der Waals surface area contributed by atoms with E-state index in [9.17, 15) is 4.79 Å². The third kappa shape index (κ3) is 5.01. The van der Waals surface area contributed by atoms with Crippen molar-refractivity contribution in [3.05, 3.63) is 65.9 Å². The van der Waals surface area contributed by atoms with Crippen molar-refractivity contribution in [2.45, 2.75) is 6.10 Å². The Morgan fingerprint density at radius 1 is 1.03 bits per heavy atom. The molecule has 1 N–H and O–H groups in total. The average molecular weight is 424 g/mol. The third-order valence-corrected chi connectivity index (χ3v) is 4.53. The number of carbonyl (C=O) groups is 1. The molecule has 9 nitrogen and oxygen atoms in total. The van der Waals surface area contributed by atoms with Crippen LogP contribution in [0.25, 0.3) is 5.69 Å². The summed E-state index contributed by atoms with van der Waals surface area (Å²) in [5.41, 5.74) is 2.24. The minimum absolute atomic E-state index is 0.331. The molecule has 0 aliphatic heterocycles. The van der Waals surface area contributed by atoms with Gasteiger partial charge in [0.2, 0.25) is 0 Å². The molecule has 31 heavy (non-hydrogen) atoms. The number of hydrogen-bond acceptors (Lipinski definition) is 7. The van der Waals surface area contributed by atoms with Crippen LogP contribution in [0.2, 0.25) is 0 Å². The zero-order chi connectivity index (χ0) is 22.2. The molecule has 0 spiro atoms. The fourth-order valence-corrected chi connectivity index (χ4v) is 3.02. The Labute approximate surface area is 180 Å². The Bertz CT molecular complexity index is 1050. The number of carbonyl (C=O) groups excluding carboxylic acids is 1. The van der Waals surface area contributed by atoms with E-state index in [1.165, 1.54) is 14.2 Å². The molecule has 0 saturated heterocycles. The molecule has 1 unspecified atom stereocenters. The summed E-state index contributed by atoms with van der Waals surface area (Å²) < 4.78 is 17.7. The van der Waals surface area contributed by atoms with Crippen LogP contribution >= 0.6 is 0 Å². The summed E-state index contributed by atoms with van der Waals surface area (Å²) in [7, 11) is 6.08. The molecular formula is C22H24N4O5. The van der Waals surface area contributed by atoms with Crippen molar-refractivity contribution in [2.24, 2.45) is 5.16 Å². The van der Waals surface area contributed by atoms with Gasteiger partial charge in [-0.25, -0.2) is 4.68 Å². The standard InChI is InChI=1S/C22H24N4O5/c1-28-18-10-9-17(13-19(18)29-2)26-20(11-12-23-26)25-22(27)21(30-3)16-7-5-15(6-8-16)14-24-31-4/h5-14,21H,1-4H3,(H,25,27). The lowest BCUT2D eigenvalue weighted by molar-refractivity contribution is -0.126. The fourth-order valence-electron chi connectivity index (χ4n) is 3.02. The van der Waals surface area contributed by atoms with Crippen molar-refractivity contribution in [1.82, 2.24) is 9.78 Å². The van der Waals surface area contributed by atoms with E-state index in [4.69, 9.17) is 14.2 Å². The first-order valence-corrected chi connectivity index (χ1v) is 9.37. The van der Waals surface area contributed by atoms with Crippen molar-refractivity contribution in [3.63, 3.8) is 0 Å². The summed E-state index contributed by atoms with van der Waals surface area (Å²) in [6.07, 6.45) is 2.37. The van der Waals surface area contributed by atoms with E-state index in [1.54, 1.807) is 61.6 Å². The van der Waals surface area contributed by atoms with Gasteiger partial charge < -0.3 is 24.4 Å². The molecule has 0 aliphatic rings. The van der Waals surface area contributed by atoms with Crippen LogP contribution in [0.4, 0.5) is 5.82 Å². The summed E-state index contributed by atoms with van der Waals surface area (Å²) in [4.78, 5) is 17.6. The first-order chi connectivity index (χ1) is 15.1. The van der Waals surface area contributed by atoms with Gasteiger partial charge in [0.1, 0.15) is 12.9 Å². The molecule has 0 bridgehead atoms. The van der Waals surface area contributed by atoms with Gasteiger partial charge in [0.15, 0.2) is 17.6 Å². The van der Waals surface area contributed by atoms with Gasteiger partial charge in [0.05, 0.1) is 32.3 Å². The lowest BCUT2D eigenvalue weighted by atomic mass is 10.1. The van der Waals surface area contributed by atoms with Gasteiger partial charge in [-0.3, -0.25) is 4.79 Å². The first-order valence-electron chi connectivity index (χ1n) is 9.37. The maximum Gasteiger partial charge on any atom is 0.259 e. The van der Waals surface area contributed by atoms with Crippen LogP contribution in [0.1, 0.15) is 17.2 Å². The lowest BCUT2D eigenvalue weighted by Gasteiger charge is -2.17. The highest BCUT2D eigenvalue weighted by atomic mass is 16.6. The molecule has 0 fully saturated rings. The smallest absolute Gasteiger partial charge is 0.259 e. The second-order valence-corrected chi connectivity index (χ2v) is 6.36. The maximum absolute atomic E-state index is 12.9. The quantitative estimate of drug-likeness (QED) is 0.419. The van der Waals surface area contributed by atoms with Gasteiger partial charge in [-0.1, -0.05) is 29.4 Å². The number of amides is 1. The zero-order valence-electron chi connectivity index (χ0n) is 17.7. The van der Waals surface area contributed by atoms with Gasteiger partial charge in [-0.2, -0.15) is 5.10 Å². The van der Waals surface area contributed by atoms with Crippen LogP contribution in [0.3, 0.4) is 0 Å². The highest BCUT2D eigenvalue weighted by Gasteiger charge is 2.22. The summed E-state index contributed by atoms with van der Waals surface area (Å²) in [5, 5.41) is 10.9. The lowest BCUT2D eigenvalue weighted by Crippen LogP contribution is -2.24. The third-order valence-electron chi connectivity index (χ3n) is 4.53. The molecule has 1 amide bonds. The molecule has 0 aliphatic carbocycles. The molecule has 1 atom stereocenters. The second-order valence-electron chi connectivity index (χ2n) is 6.36. The van der Waals surface area contributed by atoms with Crippen LogP contribution in [0, 0.1) is 0 Å². The summed E-state index contributed by atoms with van der Waals surface area (Å²) in [6.45, 7) is 0. The predicted octanol–water partition coefficient (Wildman–Crippen LogP) is 3.20. The number of nitrogens with one attached hydrogen (secondary N) is 1. The summed E-state index contributed by atoms with van der Waals surface area (Å²) in [6, 6.07) is 14.3. The van der Waals surface area contributed by atoms with Gasteiger partial charge in [0, 0.05) is 19.2 Å². The predicted molar refractivity (Wildman–Crippen MR) is 116 cm³/mol. The fraction of sp³-hybridized carbons (Fsp3) is 0.227. The van der Waals surface area contributed by atoms with Crippen molar-refractivity contribution in [1.29, 1.82) is 0 Å². The average Bonchev–Trinajstić information content (AvgIpc) is 3.26. The maximum atomic E-state index is 12.9. The SMILES string of the molecule is CON=Cc1ccc(C(OC)C(=O)Nc2ccnn2-c2ccc(OC)c(OC)c2)cc1. The van der Waals surface area contributed by atoms with Gasteiger partial charge in [0.25, 0.3) is 5.91 Å². The van der Waals surface area contributed by atoms with Crippen molar-refractivity contribution >= 4 is 17.9 Å². The van der Waals surface area contributed by atoms with Crippen LogP contribution in [0.5, 0.6) is 11.5 Å². The molecule has 1 aromatic heterocycles. The Balaban J connectivity index is 1.81. The number of ether oxygens (including phenoxy) is 3. The molecule has 0 saturated carbocycles. The number of rotatable bonds is 9. The second kappa shape index (κ2) is 10.3. The molecule has 3 rings (SSSR count). The van der Waals surface area contributed by atoms with Gasteiger partial charge >= 0.3 is 0 Å². The molecular weight excluding hydrogens is 400 g/mol. The van der Waals surface area contributed by atoms with Gasteiger partial charge in [-0.15, -0.1) is 0 Å². The van der Waals surface area contributed by atoms with Crippen molar-refractivity contribution in [3.8, 4) is 17.2 Å². The van der Waals surface area contributed by atoms with E-state index in [1.807, 2.05) is 18.2 Å². The minimum atomic E-state index is -0.804. The number of oxime groups is 1. The Morgan fingerprint density at radius 3 is 2.42 bits per heavy atom. The van der Waals surface area contributed by atoms with E-state index in [0.717, 1.165) is 5.56 Å². The monoisotopic (exact) mass is 424 g/mol.